The van der Waals surface area contributed by atoms with Crippen molar-refractivity contribution in [1.29, 1.82) is 5.26 Å². The van der Waals surface area contributed by atoms with Crippen LogP contribution in [-0.4, -0.2) is 29.4 Å². The third-order valence-corrected chi connectivity index (χ3v) is 1.69. The van der Waals surface area contributed by atoms with E-state index in [0.717, 1.165) is 11.8 Å². The number of nitrogens with one attached hydrogen (secondary N) is 1. The van der Waals surface area contributed by atoms with Crippen molar-refractivity contribution in [3.8, 4) is 5.40 Å². The number of carbonyl (C=O) groups is 1. The van der Waals surface area contributed by atoms with E-state index in [-0.39, 0.29) is 0 Å². The first-order valence-corrected chi connectivity index (χ1v) is 4.18. The van der Waals surface area contributed by atoms with Crippen LogP contribution in [0.15, 0.2) is 0 Å². The molecule has 4 nitrogen and oxygen atoms in total. The van der Waals surface area contributed by atoms with Gasteiger partial charge in [0.05, 0.1) is 0 Å². The van der Waals surface area contributed by atoms with Crippen molar-refractivity contribution in [1.82, 2.24) is 5.32 Å². The molecule has 0 aliphatic rings. The van der Waals surface area contributed by atoms with Crippen LogP contribution in [0, 0.1) is 10.7 Å². The molecule has 0 aromatic carbocycles. The Kier molecular flexibility index (Phi) is 5.61. The van der Waals surface area contributed by atoms with Gasteiger partial charge >= 0.3 is 5.97 Å². The molecular weight excluding hydrogens is 164 g/mol. The van der Waals surface area contributed by atoms with E-state index in [0.29, 0.717) is 12.3 Å². The van der Waals surface area contributed by atoms with Gasteiger partial charge in [-0.05, 0) is 18.3 Å². The van der Waals surface area contributed by atoms with Crippen LogP contribution in [0.3, 0.4) is 0 Å². The summed E-state index contributed by atoms with van der Waals surface area (Å²) in [5.74, 6) is -0.616. The standard InChI is InChI=1S/C6H10N2O2S/c1-2-8-5(6(9)10)3-11-4-7/h5,8H,2-3H2,1H3,(H,9,10)/t5-/m0/s1. The lowest BCUT2D eigenvalue weighted by molar-refractivity contribution is -0.138. The van der Waals surface area contributed by atoms with Crippen LogP contribution in [0.2, 0.25) is 0 Å². The molecule has 0 heterocycles. The molecule has 0 aliphatic carbocycles. The summed E-state index contributed by atoms with van der Waals surface area (Å²) >= 11 is 0.947. The van der Waals surface area contributed by atoms with Gasteiger partial charge in [-0.25, -0.2) is 0 Å². The van der Waals surface area contributed by atoms with E-state index in [4.69, 9.17) is 10.4 Å². The van der Waals surface area contributed by atoms with Gasteiger partial charge in [0.2, 0.25) is 0 Å². The van der Waals surface area contributed by atoms with Gasteiger partial charge in [0.1, 0.15) is 11.4 Å². The van der Waals surface area contributed by atoms with Crippen molar-refractivity contribution in [2.24, 2.45) is 0 Å². The first-order valence-electron chi connectivity index (χ1n) is 3.19. The molecule has 0 aromatic rings. The lowest BCUT2D eigenvalue weighted by atomic mass is 10.3. The number of carboxylic acid groups (broad SMARTS) is 1. The lowest BCUT2D eigenvalue weighted by Crippen LogP contribution is -2.38. The summed E-state index contributed by atoms with van der Waals surface area (Å²) < 4.78 is 0. The number of thiocyanates is 1. The Hall–Kier alpha value is -0.730. The molecule has 0 aliphatic heterocycles. The highest BCUT2D eigenvalue weighted by molar-refractivity contribution is 8.03. The second-order valence-electron chi connectivity index (χ2n) is 1.85. The average Bonchev–Trinajstić information content (AvgIpc) is 1.97. The fourth-order valence-electron chi connectivity index (χ4n) is 0.585. The Labute approximate surface area is 69.6 Å². The number of carboxylic acids is 1. The number of likely N-dealkylation sites (N-methyl/N-ethyl adjacent to an activating group) is 1. The second-order valence-corrected chi connectivity index (χ2v) is 2.66. The van der Waals surface area contributed by atoms with Crippen molar-refractivity contribution >= 4 is 17.7 Å². The maximum Gasteiger partial charge on any atom is 0.321 e. The first-order chi connectivity index (χ1) is 5.22. The highest BCUT2D eigenvalue weighted by Gasteiger charge is 2.14. The molecule has 62 valence electrons. The molecule has 0 spiro atoms. The van der Waals surface area contributed by atoms with Gasteiger partial charge in [-0.1, -0.05) is 6.92 Å². The minimum Gasteiger partial charge on any atom is -0.480 e. The Morgan fingerprint density at radius 2 is 2.55 bits per heavy atom. The highest BCUT2D eigenvalue weighted by atomic mass is 32.2. The molecule has 0 radical (unpaired) electrons. The topological polar surface area (TPSA) is 73.1 Å². The van der Waals surface area contributed by atoms with Crippen molar-refractivity contribution in [3.05, 3.63) is 0 Å². The zero-order valence-electron chi connectivity index (χ0n) is 6.20. The van der Waals surface area contributed by atoms with Crippen LogP contribution in [0.5, 0.6) is 0 Å². The van der Waals surface area contributed by atoms with Gasteiger partial charge in [-0.3, -0.25) is 4.79 Å². The maximum atomic E-state index is 10.4. The first kappa shape index (κ1) is 10.3. The van der Waals surface area contributed by atoms with Gasteiger partial charge in [-0.15, -0.1) is 0 Å². The zero-order valence-corrected chi connectivity index (χ0v) is 7.02. The maximum absolute atomic E-state index is 10.4. The Balaban J connectivity index is 3.71. The van der Waals surface area contributed by atoms with Gasteiger partial charge in [0, 0.05) is 5.75 Å². The summed E-state index contributed by atoms with van der Waals surface area (Å²) in [6.45, 7) is 2.43. The highest BCUT2D eigenvalue weighted by Crippen LogP contribution is 1.99. The SMILES string of the molecule is CCN[C@@H](CSC#N)C(=O)O. The number of hydrogen-bond acceptors (Lipinski definition) is 4. The third-order valence-electron chi connectivity index (χ3n) is 1.06. The summed E-state index contributed by atoms with van der Waals surface area (Å²) in [5, 5.41) is 21.3. The van der Waals surface area contributed by atoms with Crippen LogP contribution in [0.4, 0.5) is 0 Å². The largest absolute Gasteiger partial charge is 0.480 e. The summed E-state index contributed by atoms with van der Waals surface area (Å²) in [7, 11) is 0. The lowest BCUT2D eigenvalue weighted by Gasteiger charge is -2.09. The van der Waals surface area contributed by atoms with Gasteiger partial charge in [0.15, 0.2) is 0 Å². The molecular formula is C6H10N2O2S. The predicted molar refractivity (Wildman–Crippen MR) is 43.2 cm³/mol. The van der Waals surface area contributed by atoms with Crippen LogP contribution in [-0.2, 0) is 4.79 Å². The number of rotatable bonds is 5. The van der Waals surface area contributed by atoms with Crippen LogP contribution in [0.1, 0.15) is 6.92 Å². The van der Waals surface area contributed by atoms with E-state index in [9.17, 15) is 4.79 Å². The van der Waals surface area contributed by atoms with E-state index < -0.39 is 12.0 Å². The Morgan fingerprint density at radius 3 is 2.91 bits per heavy atom. The van der Waals surface area contributed by atoms with Crippen molar-refractivity contribution in [3.63, 3.8) is 0 Å². The van der Waals surface area contributed by atoms with Crippen LogP contribution in [0.25, 0.3) is 0 Å². The number of hydrogen-bond donors (Lipinski definition) is 2. The molecule has 1 atom stereocenters. The second kappa shape index (κ2) is 6.01. The number of nitriles is 1. The quantitative estimate of drug-likeness (QED) is 0.585. The summed E-state index contributed by atoms with van der Waals surface area (Å²) in [6, 6.07) is -0.607. The Bertz CT molecular complexity index is 166. The summed E-state index contributed by atoms with van der Waals surface area (Å²) in [6.07, 6.45) is 0. The average molecular weight is 174 g/mol. The third kappa shape index (κ3) is 4.65. The number of aliphatic carboxylic acids is 1. The van der Waals surface area contributed by atoms with Gasteiger partial charge in [0.25, 0.3) is 0 Å². The van der Waals surface area contributed by atoms with E-state index >= 15 is 0 Å². The van der Waals surface area contributed by atoms with E-state index in [1.165, 1.54) is 0 Å². The number of thioether (sulfide) groups is 1. The fraction of sp³-hybridized carbons (Fsp3) is 0.667. The smallest absolute Gasteiger partial charge is 0.321 e. The fourth-order valence-corrected chi connectivity index (χ4v) is 1.09. The normalized spacial score (nSPS) is 12.0. The molecule has 0 saturated carbocycles. The molecule has 0 bridgehead atoms. The molecule has 0 saturated heterocycles. The molecule has 0 aromatic heterocycles. The molecule has 0 amide bonds. The van der Waals surface area contributed by atoms with E-state index in [1.54, 1.807) is 0 Å². The summed E-state index contributed by atoms with van der Waals surface area (Å²) in [5.41, 5.74) is 0. The van der Waals surface area contributed by atoms with Crippen molar-refractivity contribution < 1.29 is 9.90 Å². The van der Waals surface area contributed by atoms with E-state index in [1.807, 2.05) is 12.3 Å². The van der Waals surface area contributed by atoms with Gasteiger partial charge in [-0.2, -0.15) is 5.26 Å². The molecule has 0 fully saturated rings. The minimum atomic E-state index is -0.908. The predicted octanol–water partition coefficient (Wildman–Crippen LogP) is 0.263. The van der Waals surface area contributed by atoms with E-state index in [2.05, 4.69) is 5.32 Å². The zero-order chi connectivity index (χ0) is 8.69. The molecule has 11 heavy (non-hydrogen) atoms. The molecule has 0 unspecified atom stereocenters. The monoisotopic (exact) mass is 174 g/mol. The van der Waals surface area contributed by atoms with Crippen molar-refractivity contribution in [2.75, 3.05) is 12.3 Å². The Morgan fingerprint density at radius 1 is 1.91 bits per heavy atom. The van der Waals surface area contributed by atoms with Gasteiger partial charge < -0.3 is 10.4 Å². The molecule has 0 rings (SSSR count). The number of nitrogens with zero attached hydrogens (tertiary/aromatic N) is 1. The summed E-state index contributed by atoms with van der Waals surface area (Å²) in [4.78, 5) is 10.4. The van der Waals surface area contributed by atoms with Crippen LogP contribution < -0.4 is 5.32 Å². The van der Waals surface area contributed by atoms with Crippen LogP contribution >= 0.6 is 11.8 Å². The minimum absolute atomic E-state index is 0.291. The molecule has 5 heteroatoms. The molecule has 2 N–H and O–H groups in total. The van der Waals surface area contributed by atoms with Crippen molar-refractivity contribution in [2.45, 2.75) is 13.0 Å².